The molecular weight excluding hydrogens is 247 g/mol. The third kappa shape index (κ3) is 2.72. The van der Waals surface area contributed by atoms with Crippen molar-refractivity contribution in [1.29, 1.82) is 0 Å². The highest BCUT2D eigenvalue weighted by atomic mass is 19.4. The van der Waals surface area contributed by atoms with E-state index in [4.69, 9.17) is 0 Å². The summed E-state index contributed by atoms with van der Waals surface area (Å²) >= 11 is 0. The molecule has 0 aromatic heterocycles. The zero-order valence-electron chi connectivity index (χ0n) is 8.57. The van der Waals surface area contributed by atoms with Crippen molar-refractivity contribution in [3.63, 3.8) is 0 Å². The zero-order chi connectivity index (χ0) is 13.2. The maximum atomic E-state index is 13.2. The van der Waals surface area contributed by atoms with E-state index in [9.17, 15) is 26.7 Å². The first-order chi connectivity index (χ1) is 7.79. The van der Waals surface area contributed by atoms with Gasteiger partial charge in [-0.2, -0.15) is 13.2 Å². The molecule has 0 N–H and O–H groups in total. The maximum Gasteiger partial charge on any atom is 0.419 e. The second kappa shape index (κ2) is 4.68. The third-order valence-corrected chi connectivity index (χ3v) is 1.88. The van der Waals surface area contributed by atoms with Gasteiger partial charge in [-0.3, -0.25) is 0 Å². The van der Waals surface area contributed by atoms with E-state index >= 15 is 0 Å². The van der Waals surface area contributed by atoms with Gasteiger partial charge in [0.25, 0.3) is 0 Å². The lowest BCUT2D eigenvalue weighted by molar-refractivity contribution is -0.140. The fourth-order valence-corrected chi connectivity index (χ4v) is 1.13. The van der Waals surface area contributed by atoms with E-state index in [-0.39, 0.29) is 6.61 Å². The topological polar surface area (TPSA) is 26.3 Å². The first-order valence-corrected chi connectivity index (χ1v) is 4.51. The van der Waals surface area contributed by atoms with Gasteiger partial charge in [0.15, 0.2) is 11.6 Å². The molecule has 0 aliphatic rings. The van der Waals surface area contributed by atoms with Gasteiger partial charge in [-0.1, -0.05) is 0 Å². The molecule has 0 radical (unpaired) electrons. The summed E-state index contributed by atoms with van der Waals surface area (Å²) in [6.07, 6.45) is -5.02. The van der Waals surface area contributed by atoms with Crippen LogP contribution in [0.4, 0.5) is 22.0 Å². The van der Waals surface area contributed by atoms with Crippen molar-refractivity contribution in [3.05, 3.63) is 34.9 Å². The van der Waals surface area contributed by atoms with Gasteiger partial charge in [0.05, 0.1) is 17.7 Å². The summed E-state index contributed by atoms with van der Waals surface area (Å²) in [6.45, 7) is 1.33. The minimum Gasteiger partial charge on any atom is -0.462 e. The lowest BCUT2D eigenvalue weighted by atomic mass is 10.1. The average Bonchev–Trinajstić information content (AvgIpc) is 2.20. The molecule has 0 saturated carbocycles. The summed E-state index contributed by atoms with van der Waals surface area (Å²) in [4.78, 5) is 11.1. The number of halogens is 5. The Morgan fingerprint density at radius 2 is 1.82 bits per heavy atom. The fraction of sp³-hybridized carbons (Fsp3) is 0.300. The van der Waals surface area contributed by atoms with E-state index in [0.717, 1.165) is 0 Å². The second-order valence-corrected chi connectivity index (χ2v) is 3.01. The Bertz CT molecular complexity index is 439. The molecule has 0 aliphatic carbocycles. The number of carbonyl (C=O) groups excluding carboxylic acids is 1. The summed E-state index contributed by atoms with van der Waals surface area (Å²) in [5, 5.41) is 0. The number of hydrogen-bond donors (Lipinski definition) is 0. The van der Waals surface area contributed by atoms with Gasteiger partial charge in [0.2, 0.25) is 0 Å². The molecule has 0 heterocycles. The van der Waals surface area contributed by atoms with Gasteiger partial charge in [-0.25, -0.2) is 13.6 Å². The van der Waals surface area contributed by atoms with Crippen LogP contribution >= 0.6 is 0 Å². The molecule has 0 atom stereocenters. The highest BCUT2D eigenvalue weighted by molar-refractivity contribution is 5.89. The largest absolute Gasteiger partial charge is 0.462 e. The minimum absolute atomic E-state index is 0.0963. The standard InChI is InChI=1S/C10H7F5O2/c1-2-17-9(16)5-3-4-6(10(13,14)15)8(12)7(5)11/h3-4H,2H2,1H3. The van der Waals surface area contributed by atoms with E-state index in [0.29, 0.717) is 12.1 Å². The van der Waals surface area contributed by atoms with E-state index in [1.54, 1.807) is 0 Å². The van der Waals surface area contributed by atoms with Crippen LogP contribution in [0.2, 0.25) is 0 Å². The Morgan fingerprint density at radius 1 is 1.24 bits per heavy atom. The van der Waals surface area contributed by atoms with Crippen LogP contribution in [0.5, 0.6) is 0 Å². The quantitative estimate of drug-likeness (QED) is 0.598. The van der Waals surface area contributed by atoms with Gasteiger partial charge < -0.3 is 4.74 Å². The van der Waals surface area contributed by atoms with Crippen LogP contribution in [-0.2, 0) is 10.9 Å². The SMILES string of the molecule is CCOC(=O)c1ccc(C(F)(F)F)c(F)c1F. The monoisotopic (exact) mass is 254 g/mol. The van der Waals surface area contributed by atoms with Crippen LogP contribution in [0.15, 0.2) is 12.1 Å². The average molecular weight is 254 g/mol. The van der Waals surface area contributed by atoms with Crippen molar-refractivity contribution in [3.8, 4) is 0 Å². The Hall–Kier alpha value is -1.66. The van der Waals surface area contributed by atoms with Gasteiger partial charge in [0.1, 0.15) is 0 Å². The van der Waals surface area contributed by atoms with Crippen LogP contribution in [0.3, 0.4) is 0 Å². The third-order valence-electron chi connectivity index (χ3n) is 1.88. The van der Waals surface area contributed by atoms with Crippen LogP contribution in [0, 0.1) is 11.6 Å². The molecular formula is C10H7F5O2. The Labute approximate surface area is 93.0 Å². The molecule has 94 valence electrons. The molecule has 0 spiro atoms. The summed E-state index contributed by atoms with van der Waals surface area (Å²) in [5.74, 6) is -5.18. The molecule has 17 heavy (non-hydrogen) atoms. The number of hydrogen-bond acceptors (Lipinski definition) is 2. The Morgan fingerprint density at radius 3 is 2.29 bits per heavy atom. The van der Waals surface area contributed by atoms with E-state index < -0.39 is 34.9 Å². The molecule has 7 heteroatoms. The van der Waals surface area contributed by atoms with E-state index in [2.05, 4.69) is 4.74 Å². The fourth-order valence-electron chi connectivity index (χ4n) is 1.13. The predicted molar refractivity (Wildman–Crippen MR) is 47.3 cm³/mol. The lowest BCUT2D eigenvalue weighted by Crippen LogP contribution is -2.14. The minimum atomic E-state index is -5.02. The number of benzene rings is 1. The summed E-state index contributed by atoms with van der Waals surface area (Å²) < 4.78 is 67.2. The normalized spacial score (nSPS) is 11.4. The van der Waals surface area contributed by atoms with Crippen LogP contribution in [-0.4, -0.2) is 12.6 Å². The van der Waals surface area contributed by atoms with Crippen LogP contribution in [0.25, 0.3) is 0 Å². The highest BCUT2D eigenvalue weighted by Gasteiger charge is 2.36. The molecule has 0 amide bonds. The van der Waals surface area contributed by atoms with Crippen molar-refractivity contribution in [2.24, 2.45) is 0 Å². The molecule has 0 saturated heterocycles. The number of alkyl halides is 3. The number of ether oxygens (including phenoxy) is 1. The van der Waals surface area contributed by atoms with Crippen molar-refractivity contribution >= 4 is 5.97 Å². The van der Waals surface area contributed by atoms with Crippen LogP contribution in [0.1, 0.15) is 22.8 Å². The van der Waals surface area contributed by atoms with Crippen molar-refractivity contribution in [2.75, 3.05) is 6.61 Å². The van der Waals surface area contributed by atoms with Gasteiger partial charge in [0, 0.05) is 0 Å². The predicted octanol–water partition coefficient (Wildman–Crippen LogP) is 3.16. The molecule has 1 aromatic carbocycles. The van der Waals surface area contributed by atoms with Gasteiger partial charge >= 0.3 is 12.1 Å². The summed E-state index contributed by atoms with van der Waals surface area (Å²) in [6, 6.07) is 0.837. The van der Waals surface area contributed by atoms with Gasteiger partial charge in [-0.15, -0.1) is 0 Å². The summed E-state index contributed by atoms with van der Waals surface area (Å²) in [5.41, 5.74) is -2.62. The zero-order valence-corrected chi connectivity index (χ0v) is 8.57. The smallest absolute Gasteiger partial charge is 0.419 e. The maximum absolute atomic E-state index is 13.2. The highest BCUT2D eigenvalue weighted by Crippen LogP contribution is 2.33. The Kier molecular flexibility index (Phi) is 3.69. The van der Waals surface area contributed by atoms with Gasteiger partial charge in [-0.05, 0) is 19.1 Å². The van der Waals surface area contributed by atoms with Crippen LogP contribution < -0.4 is 0 Å². The van der Waals surface area contributed by atoms with E-state index in [1.165, 1.54) is 6.92 Å². The van der Waals surface area contributed by atoms with E-state index in [1.807, 2.05) is 0 Å². The van der Waals surface area contributed by atoms with Crippen molar-refractivity contribution in [1.82, 2.24) is 0 Å². The first-order valence-electron chi connectivity index (χ1n) is 4.51. The Balaban J connectivity index is 3.25. The van der Waals surface area contributed by atoms with Crippen molar-refractivity contribution < 1.29 is 31.5 Å². The number of rotatable bonds is 2. The molecule has 0 unspecified atom stereocenters. The molecule has 0 fully saturated rings. The lowest BCUT2D eigenvalue weighted by Gasteiger charge is -2.10. The molecule has 1 aromatic rings. The molecule has 0 bridgehead atoms. The number of carbonyl (C=O) groups is 1. The molecule has 0 aliphatic heterocycles. The molecule has 2 nitrogen and oxygen atoms in total. The number of esters is 1. The first kappa shape index (κ1) is 13.4. The second-order valence-electron chi connectivity index (χ2n) is 3.01. The molecule has 1 rings (SSSR count). The van der Waals surface area contributed by atoms with Crippen molar-refractivity contribution in [2.45, 2.75) is 13.1 Å². The summed E-state index contributed by atoms with van der Waals surface area (Å²) in [7, 11) is 0.